The van der Waals surface area contributed by atoms with E-state index in [1.165, 1.54) is 24.3 Å². The Hall–Kier alpha value is -1.68. The van der Waals surface area contributed by atoms with Crippen LogP contribution in [0, 0.1) is 0 Å². The third-order valence-electron chi connectivity index (χ3n) is 2.01. The number of amides is 2. The number of rotatable bonds is 4. The zero-order chi connectivity index (χ0) is 16.9. The monoisotopic (exact) mass is 212 g/mol. The summed E-state index contributed by atoms with van der Waals surface area (Å²) < 4.78 is 51.9. The number of imide groups is 1. The van der Waals surface area contributed by atoms with Crippen LogP contribution in [0.4, 0.5) is 0 Å². The lowest BCUT2D eigenvalue weighted by atomic mass is 10.1. The van der Waals surface area contributed by atoms with Crippen molar-refractivity contribution < 1.29 is 22.9 Å². The van der Waals surface area contributed by atoms with Crippen LogP contribution in [0.2, 0.25) is 0 Å². The van der Waals surface area contributed by atoms with Gasteiger partial charge in [-0.25, -0.2) is 0 Å². The first kappa shape index (κ1) is 4.45. The lowest BCUT2D eigenvalue weighted by molar-refractivity contribution is 0.0645. The average molecular weight is 212 g/mol. The van der Waals surface area contributed by atoms with Crippen LogP contribution in [0.5, 0.6) is 0 Å². The first-order valence-electron chi connectivity index (χ1n) is 7.52. The van der Waals surface area contributed by atoms with Gasteiger partial charge in [-0.2, -0.15) is 0 Å². The van der Waals surface area contributed by atoms with Gasteiger partial charge in [0.2, 0.25) is 1.43 Å². The van der Waals surface area contributed by atoms with Crippen molar-refractivity contribution in [1.82, 2.24) is 4.90 Å². The highest BCUT2D eigenvalue weighted by Crippen LogP contribution is 2.22. The van der Waals surface area contributed by atoms with Crippen molar-refractivity contribution in [3.05, 3.63) is 35.4 Å². The number of benzene rings is 1. The molecule has 1 aliphatic heterocycles. The van der Waals surface area contributed by atoms with Gasteiger partial charge in [0.15, 0.2) is 0 Å². The molecule has 0 aliphatic carbocycles. The zero-order valence-electron chi connectivity index (χ0n) is 14.5. The summed E-state index contributed by atoms with van der Waals surface area (Å²) in [7, 11) is 0. The highest BCUT2D eigenvalue weighted by molar-refractivity contribution is 6.21. The van der Waals surface area contributed by atoms with E-state index in [4.69, 9.17) is 9.66 Å². The molecule has 2 amide bonds. The molecule has 15 heavy (non-hydrogen) atoms. The molecule has 1 N–H and O–H groups in total. The molecule has 2 rings (SSSR count). The third kappa shape index (κ3) is 1.53. The molecule has 4 heteroatoms. The van der Waals surface area contributed by atoms with E-state index in [1.54, 1.807) is 0 Å². The van der Waals surface area contributed by atoms with Crippen molar-refractivity contribution in [3.63, 3.8) is 0 Å². The van der Waals surface area contributed by atoms with E-state index in [2.05, 4.69) is 5.11 Å². The highest BCUT2D eigenvalue weighted by Gasteiger charge is 2.34. The van der Waals surface area contributed by atoms with Gasteiger partial charge >= 0.3 is 0 Å². The molecule has 0 fully saturated rings. The molecule has 0 saturated heterocycles. The van der Waals surface area contributed by atoms with Gasteiger partial charge in [0.05, 0.1) is 16.6 Å². The smallest absolute Gasteiger partial charge is 0.261 e. The van der Waals surface area contributed by atoms with Crippen molar-refractivity contribution in [2.45, 2.75) is 6.37 Å². The number of carbonyl (C=O) groups excluding carboxylic acids is 2. The second-order valence-electron chi connectivity index (χ2n) is 2.83. The maximum atomic E-state index is 12.2. The minimum Gasteiger partial charge on any atom is -0.396 e. The van der Waals surface area contributed by atoms with Crippen LogP contribution in [0.1, 0.15) is 35.3 Å². The van der Waals surface area contributed by atoms with E-state index in [9.17, 15) is 9.59 Å². The van der Waals surface area contributed by atoms with Gasteiger partial charge in [-0.3, -0.25) is 14.5 Å². The van der Waals surface area contributed by atoms with Gasteiger partial charge in [0, 0.05) is 15.8 Å². The quantitative estimate of drug-likeness (QED) is 0.746. The molecule has 0 aromatic heterocycles. The minimum atomic E-state index is -3.48. The molecular formula is C11H11NO3. The van der Waals surface area contributed by atoms with Crippen LogP contribution >= 0.6 is 0 Å². The van der Waals surface area contributed by atoms with Crippen molar-refractivity contribution in [1.29, 1.82) is 1.43 Å². The predicted molar refractivity (Wildman–Crippen MR) is 53.5 cm³/mol. The van der Waals surface area contributed by atoms with E-state index in [0.717, 1.165) is 0 Å². The van der Waals surface area contributed by atoms with Crippen LogP contribution in [0.3, 0.4) is 0 Å². The predicted octanol–water partition coefficient (Wildman–Crippen LogP) is 0.665. The topological polar surface area (TPSA) is 57.6 Å². The number of hydrogen-bond donors (Lipinski definition) is 1. The van der Waals surface area contributed by atoms with Crippen molar-refractivity contribution >= 4 is 11.8 Å². The SMILES string of the molecule is [2H]OC([2H])([2H])C([2H])([2H])C([2H])([2H])N1C(=O)c2ccccc2C1=O. The average Bonchev–Trinajstić information content (AvgIpc) is 2.71. The van der Waals surface area contributed by atoms with Gasteiger partial charge in [0.25, 0.3) is 11.8 Å². The van der Waals surface area contributed by atoms with E-state index < -0.39 is 31.2 Å². The van der Waals surface area contributed by atoms with Crippen molar-refractivity contribution in [3.8, 4) is 0 Å². The number of carbonyl (C=O) groups is 2. The Morgan fingerprint density at radius 2 is 1.87 bits per heavy atom. The fourth-order valence-electron chi connectivity index (χ4n) is 1.37. The normalized spacial score (nSPS) is 24.3. The molecule has 0 spiro atoms. The molecule has 0 radical (unpaired) electrons. The number of fused-ring (bicyclic) bond motifs is 1. The minimum absolute atomic E-state index is 0.0223. The fourth-order valence-corrected chi connectivity index (χ4v) is 1.37. The van der Waals surface area contributed by atoms with E-state index in [1.807, 2.05) is 0 Å². The van der Waals surface area contributed by atoms with Gasteiger partial charge in [-0.1, -0.05) is 12.1 Å². The second kappa shape index (κ2) is 3.82. The Kier molecular flexibility index (Phi) is 1.13. The summed E-state index contributed by atoms with van der Waals surface area (Å²) in [4.78, 5) is 24.4. The second-order valence-corrected chi connectivity index (χ2v) is 2.83. The largest absolute Gasteiger partial charge is 0.396 e. The molecule has 1 aromatic rings. The highest BCUT2D eigenvalue weighted by atomic mass is 16.3. The summed E-state index contributed by atoms with van der Waals surface area (Å²) in [5.41, 5.74) is -0.195. The lowest BCUT2D eigenvalue weighted by Gasteiger charge is -2.11. The summed E-state index contributed by atoms with van der Waals surface area (Å²) in [6.45, 7) is -6.75. The molecule has 0 atom stereocenters. The first-order chi connectivity index (χ1) is 9.99. The molecule has 0 bridgehead atoms. The van der Waals surface area contributed by atoms with E-state index in [0.29, 0.717) is 0 Å². The van der Waals surface area contributed by atoms with Gasteiger partial charge < -0.3 is 5.11 Å². The van der Waals surface area contributed by atoms with Crippen LogP contribution in [0.15, 0.2) is 24.3 Å². The summed E-state index contributed by atoms with van der Waals surface area (Å²) in [5, 5.41) is 3.62. The lowest BCUT2D eigenvalue weighted by Crippen LogP contribution is -2.31. The summed E-state index contributed by atoms with van der Waals surface area (Å²) >= 11 is 0. The Bertz CT molecular complexity index is 611. The number of hydrogen-bond acceptors (Lipinski definition) is 3. The van der Waals surface area contributed by atoms with E-state index >= 15 is 0 Å². The molecule has 0 saturated carbocycles. The maximum absolute atomic E-state index is 12.2. The maximum Gasteiger partial charge on any atom is 0.261 e. The number of aliphatic hydroxyl groups is 1. The summed E-state index contributed by atoms with van der Waals surface area (Å²) in [5.74, 6) is -2.15. The standard InChI is InChI=1S/C11H11NO3/c13-7-3-6-12-10(14)8-4-1-2-5-9(8)11(12)15/h1-2,4-5,13H,3,6-7H2/i3D2,6D2,7D2,13D. The zero-order valence-corrected chi connectivity index (χ0v) is 7.48. The van der Waals surface area contributed by atoms with Crippen LogP contribution in [0.25, 0.3) is 0 Å². The molecule has 0 unspecified atom stereocenters. The Morgan fingerprint density at radius 1 is 1.27 bits per heavy atom. The summed E-state index contributed by atoms with van der Waals surface area (Å²) in [6, 6.07) is 5.50. The van der Waals surface area contributed by atoms with Gasteiger partial charge in [-0.05, 0) is 18.5 Å². The molecule has 78 valence electrons. The molecule has 1 aromatic carbocycles. The Labute approximate surface area is 97.0 Å². The molecule has 1 aliphatic rings. The number of nitrogens with zero attached hydrogens (tertiary/aromatic N) is 1. The Morgan fingerprint density at radius 3 is 2.40 bits per heavy atom. The Balaban J connectivity index is 2.53. The molecule has 4 nitrogen and oxygen atoms in total. The van der Waals surface area contributed by atoms with Crippen LogP contribution in [-0.4, -0.2) is 36.3 Å². The van der Waals surface area contributed by atoms with Crippen LogP contribution < -0.4 is 0 Å². The third-order valence-corrected chi connectivity index (χ3v) is 2.01. The van der Waals surface area contributed by atoms with E-state index in [-0.39, 0.29) is 16.0 Å². The molecule has 1 heterocycles. The fraction of sp³-hybridized carbons (Fsp3) is 0.273. The molecular weight excluding hydrogens is 194 g/mol. The van der Waals surface area contributed by atoms with Crippen LogP contribution in [-0.2, 0) is 0 Å². The van der Waals surface area contributed by atoms with Gasteiger partial charge in [-0.15, -0.1) is 0 Å². The first-order valence-corrected chi connectivity index (χ1v) is 4.11. The van der Waals surface area contributed by atoms with Gasteiger partial charge in [0.1, 0.15) is 0 Å². The summed E-state index contributed by atoms with van der Waals surface area (Å²) in [6.07, 6.45) is -3.48. The van der Waals surface area contributed by atoms with Crippen molar-refractivity contribution in [2.75, 3.05) is 13.1 Å². The van der Waals surface area contributed by atoms with Crippen molar-refractivity contribution in [2.24, 2.45) is 0 Å².